The van der Waals surface area contributed by atoms with Gasteiger partial charge in [0.25, 0.3) is 0 Å². The smallest absolute Gasteiger partial charge is 0.201 e. The predicted molar refractivity (Wildman–Crippen MR) is 71.4 cm³/mol. The summed E-state index contributed by atoms with van der Waals surface area (Å²) >= 11 is 34.6. The summed E-state index contributed by atoms with van der Waals surface area (Å²) in [5.41, 5.74) is 0.512. The van der Waals surface area contributed by atoms with Crippen LogP contribution in [0.3, 0.4) is 0 Å². The molecule has 0 radical (unpaired) electrons. The quantitative estimate of drug-likeness (QED) is 0.694. The van der Waals surface area contributed by atoms with Gasteiger partial charge in [0.05, 0.1) is 5.92 Å². The van der Waals surface area contributed by atoms with E-state index in [2.05, 4.69) is 0 Å². The van der Waals surface area contributed by atoms with Crippen LogP contribution in [0, 0.1) is 0 Å². The molecule has 0 aliphatic rings. The Balaban J connectivity index is 3.18. The highest BCUT2D eigenvalue weighted by atomic mass is 35.6. The van der Waals surface area contributed by atoms with Crippen LogP contribution >= 0.6 is 69.6 Å². The lowest BCUT2D eigenvalue weighted by Crippen LogP contribution is -2.29. The van der Waals surface area contributed by atoms with Crippen molar-refractivity contribution in [3.63, 3.8) is 0 Å². The van der Waals surface area contributed by atoms with Crippen LogP contribution in [-0.2, 0) is 0 Å². The van der Waals surface area contributed by atoms with Gasteiger partial charge in [-0.1, -0.05) is 81.7 Å². The van der Waals surface area contributed by atoms with Gasteiger partial charge in [0.2, 0.25) is 7.59 Å². The number of halogens is 6. The van der Waals surface area contributed by atoms with E-state index in [0.717, 1.165) is 0 Å². The molecule has 0 unspecified atom stereocenters. The number of aromatic hydroxyl groups is 1. The molecule has 1 aromatic carbocycles. The number of benzene rings is 1. The van der Waals surface area contributed by atoms with Crippen molar-refractivity contribution in [2.45, 2.75) is 13.5 Å². The molecule has 1 nitrogen and oxygen atoms in total. The van der Waals surface area contributed by atoms with E-state index in [4.69, 9.17) is 74.7 Å². The predicted octanol–water partition coefficient (Wildman–Crippen LogP) is 5.22. The molecule has 0 fully saturated rings. The Hall–Kier alpha value is 0.760. The molecular weight excluding hydrogens is 337 g/mol. The molecule has 90 valence electrons. The van der Waals surface area contributed by atoms with Gasteiger partial charge in [-0.25, -0.2) is 0 Å². The normalized spacial score (nSPS) is 13.2. The van der Waals surface area contributed by atoms with E-state index in [-0.39, 0.29) is 5.75 Å². The molecule has 0 aliphatic carbocycles. The molecule has 7 heteroatoms. The highest BCUT2D eigenvalue weighted by Gasteiger charge is 2.47. The topological polar surface area (TPSA) is 20.2 Å². The van der Waals surface area contributed by atoms with Crippen LogP contribution in [0.2, 0.25) is 0 Å². The van der Waals surface area contributed by atoms with E-state index in [1.807, 2.05) is 0 Å². The maximum Gasteiger partial charge on any atom is 0.201 e. The largest absolute Gasteiger partial charge is 0.508 e. The van der Waals surface area contributed by atoms with Crippen molar-refractivity contribution >= 4 is 69.6 Å². The molecule has 0 spiro atoms. The van der Waals surface area contributed by atoms with Crippen LogP contribution in [0.4, 0.5) is 0 Å². The zero-order chi connectivity index (χ0) is 12.6. The van der Waals surface area contributed by atoms with Gasteiger partial charge in [0.1, 0.15) is 5.75 Å². The molecule has 0 heterocycles. The maximum absolute atomic E-state index is 9.15. The van der Waals surface area contributed by atoms with Crippen molar-refractivity contribution < 1.29 is 5.11 Å². The molecule has 0 atom stereocenters. The Morgan fingerprint density at radius 1 is 0.812 bits per heavy atom. The Kier molecular flexibility index (Phi) is 4.79. The summed E-state index contributed by atoms with van der Waals surface area (Å²) in [6, 6.07) is 5.91. The Morgan fingerprint density at radius 3 is 1.50 bits per heavy atom. The fourth-order valence-corrected chi connectivity index (χ4v) is 3.47. The van der Waals surface area contributed by atoms with Gasteiger partial charge < -0.3 is 5.11 Å². The van der Waals surface area contributed by atoms with Gasteiger partial charge in [0.15, 0.2) is 0 Å². The van der Waals surface area contributed by atoms with Crippen molar-refractivity contribution in [1.82, 2.24) is 0 Å². The average Bonchev–Trinajstić information content (AvgIpc) is 2.03. The van der Waals surface area contributed by atoms with Gasteiger partial charge in [-0.05, 0) is 17.7 Å². The molecule has 0 bridgehead atoms. The molecule has 0 aromatic heterocycles. The first-order valence-corrected chi connectivity index (χ1v) is 6.31. The molecule has 1 N–H and O–H groups in total. The number of alkyl halides is 6. The minimum Gasteiger partial charge on any atom is -0.508 e. The third-order valence-electron chi connectivity index (χ3n) is 1.88. The fourth-order valence-electron chi connectivity index (χ4n) is 1.23. The summed E-state index contributed by atoms with van der Waals surface area (Å²) in [6.07, 6.45) is 0. The Bertz CT molecular complexity index is 336. The summed E-state index contributed by atoms with van der Waals surface area (Å²) < 4.78 is -3.52. The molecule has 0 saturated carbocycles. The molecule has 16 heavy (non-hydrogen) atoms. The fraction of sp³-hybridized carbons (Fsp3) is 0.333. The molecule has 1 aromatic rings. The van der Waals surface area contributed by atoms with Crippen LogP contribution in [-0.4, -0.2) is 12.7 Å². The van der Waals surface area contributed by atoms with Crippen molar-refractivity contribution in [2.24, 2.45) is 0 Å². The first-order valence-electron chi connectivity index (χ1n) is 4.04. The summed E-state index contributed by atoms with van der Waals surface area (Å²) in [5.74, 6) is -0.855. The zero-order valence-electron chi connectivity index (χ0n) is 7.60. The van der Waals surface area contributed by atoms with Crippen molar-refractivity contribution in [3.05, 3.63) is 29.8 Å². The standard InChI is InChI=1S/C9H6Cl6O/c10-8(11,12)7(9(13,14)15)5-1-3-6(16)4-2-5/h1-4,7,16H. The second-order valence-electron chi connectivity index (χ2n) is 3.11. The summed E-state index contributed by atoms with van der Waals surface area (Å²) in [5, 5.41) is 9.15. The third kappa shape index (κ3) is 3.90. The first-order chi connectivity index (χ1) is 7.12. The number of hydrogen-bond acceptors (Lipinski definition) is 1. The van der Waals surface area contributed by atoms with E-state index < -0.39 is 13.5 Å². The van der Waals surface area contributed by atoms with Crippen LogP contribution in [0.5, 0.6) is 5.75 Å². The van der Waals surface area contributed by atoms with Gasteiger partial charge >= 0.3 is 0 Å². The van der Waals surface area contributed by atoms with Crippen LogP contribution in [0.25, 0.3) is 0 Å². The second-order valence-corrected chi connectivity index (χ2v) is 7.85. The molecule has 0 saturated heterocycles. The molecular formula is C9H6Cl6O. The first kappa shape index (κ1) is 14.8. The summed E-state index contributed by atoms with van der Waals surface area (Å²) in [7, 11) is 0. The lowest BCUT2D eigenvalue weighted by molar-refractivity contribution is 0.475. The minimum absolute atomic E-state index is 0.0798. The second kappa shape index (κ2) is 5.17. The van der Waals surface area contributed by atoms with E-state index in [9.17, 15) is 0 Å². The van der Waals surface area contributed by atoms with Gasteiger partial charge in [-0.15, -0.1) is 0 Å². The average molecular weight is 343 g/mol. The Labute approximate surface area is 123 Å². The summed E-state index contributed by atoms with van der Waals surface area (Å²) in [6.45, 7) is 0. The lowest BCUT2D eigenvalue weighted by atomic mass is 10.0. The number of hydrogen-bond donors (Lipinski definition) is 1. The highest BCUT2D eigenvalue weighted by Crippen LogP contribution is 2.53. The molecule has 1 rings (SSSR count). The zero-order valence-corrected chi connectivity index (χ0v) is 12.1. The van der Waals surface area contributed by atoms with E-state index in [1.165, 1.54) is 24.3 Å². The van der Waals surface area contributed by atoms with E-state index >= 15 is 0 Å². The van der Waals surface area contributed by atoms with Gasteiger partial charge in [-0.2, -0.15) is 0 Å². The van der Waals surface area contributed by atoms with Crippen LogP contribution in [0.15, 0.2) is 24.3 Å². The van der Waals surface area contributed by atoms with E-state index in [1.54, 1.807) is 0 Å². The monoisotopic (exact) mass is 340 g/mol. The van der Waals surface area contributed by atoms with Crippen molar-refractivity contribution in [1.29, 1.82) is 0 Å². The highest BCUT2D eigenvalue weighted by molar-refractivity contribution is 6.73. The maximum atomic E-state index is 9.15. The van der Waals surface area contributed by atoms with Crippen LogP contribution in [0.1, 0.15) is 11.5 Å². The minimum atomic E-state index is -1.76. The van der Waals surface area contributed by atoms with E-state index in [0.29, 0.717) is 5.56 Å². The number of rotatable bonds is 1. The number of phenols is 1. The Morgan fingerprint density at radius 2 is 1.19 bits per heavy atom. The molecule has 0 aliphatic heterocycles. The number of phenolic OH excluding ortho intramolecular Hbond substituents is 1. The SMILES string of the molecule is Oc1ccc(C(C(Cl)(Cl)Cl)C(Cl)(Cl)Cl)cc1. The third-order valence-corrected chi connectivity index (χ3v) is 3.19. The summed E-state index contributed by atoms with van der Waals surface area (Å²) in [4.78, 5) is 0. The molecule has 0 amide bonds. The van der Waals surface area contributed by atoms with Crippen molar-refractivity contribution in [2.75, 3.05) is 0 Å². The lowest BCUT2D eigenvalue weighted by Gasteiger charge is -2.30. The van der Waals surface area contributed by atoms with Gasteiger partial charge in [0, 0.05) is 0 Å². The van der Waals surface area contributed by atoms with Crippen molar-refractivity contribution in [3.8, 4) is 5.75 Å². The van der Waals surface area contributed by atoms with Crippen LogP contribution < -0.4 is 0 Å². The van der Waals surface area contributed by atoms with Gasteiger partial charge in [-0.3, -0.25) is 0 Å².